The van der Waals surface area contributed by atoms with Crippen LogP contribution in [0, 0.1) is 0 Å². The first kappa shape index (κ1) is 20.0. The van der Waals surface area contributed by atoms with E-state index in [9.17, 15) is 4.79 Å². The van der Waals surface area contributed by atoms with Crippen LogP contribution in [0.1, 0.15) is 23.2 Å². The lowest BCUT2D eigenvalue weighted by Crippen LogP contribution is -2.46. The van der Waals surface area contributed by atoms with E-state index in [0.717, 1.165) is 45.6 Å². The van der Waals surface area contributed by atoms with E-state index in [0.29, 0.717) is 22.2 Å². The third-order valence-electron chi connectivity index (χ3n) is 4.85. The van der Waals surface area contributed by atoms with Crippen molar-refractivity contribution in [1.29, 1.82) is 0 Å². The second-order valence-corrected chi connectivity index (χ2v) is 7.60. The van der Waals surface area contributed by atoms with Crippen LogP contribution >= 0.6 is 23.2 Å². The number of anilines is 1. The molecule has 0 unspecified atom stereocenters. The first-order valence-electron chi connectivity index (χ1n) is 9.39. The molecule has 0 aromatic heterocycles. The van der Waals surface area contributed by atoms with Gasteiger partial charge in [0.15, 0.2) is 0 Å². The molecule has 144 valence electrons. The highest BCUT2D eigenvalue weighted by atomic mass is 35.5. The second kappa shape index (κ2) is 9.98. The highest BCUT2D eigenvalue weighted by molar-refractivity contribution is 6.35. The summed E-state index contributed by atoms with van der Waals surface area (Å²) in [6.45, 7) is 6.00. The molecule has 1 aliphatic rings. The Hall–Kier alpha value is -1.75. The van der Waals surface area contributed by atoms with Crippen molar-refractivity contribution >= 4 is 34.8 Å². The summed E-state index contributed by atoms with van der Waals surface area (Å²) in [5, 5.41) is 3.86. The van der Waals surface area contributed by atoms with E-state index in [1.807, 2.05) is 0 Å². The van der Waals surface area contributed by atoms with E-state index in [-0.39, 0.29) is 5.91 Å². The Balaban J connectivity index is 1.32. The van der Waals surface area contributed by atoms with Crippen LogP contribution in [0.4, 0.5) is 5.69 Å². The maximum absolute atomic E-state index is 12.2. The second-order valence-electron chi connectivity index (χ2n) is 6.75. The zero-order valence-electron chi connectivity index (χ0n) is 15.3. The number of hydrogen-bond acceptors (Lipinski definition) is 3. The van der Waals surface area contributed by atoms with E-state index < -0.39 is 0 Å². The molecule has 4 nitrogen and oxygen atoms in total. The number of carbonyl (C=O) groups is 1. The standard InChI is InChI=1S/C21H25Cl2N3O/c22-17-8-9-20(23)19(16-17)21(27)24-10-4-5-11-25-12-14-26(15-13-25)18-6-2-1-3-7-18/h1-3,6-9,16H,4-5,10-15H2,(H,24,27). The van der Waals surface area contributed by atoms with Gasteiger partial charge in [0.2, 0.25) is 0 Å². The molecule has 0 aliphatic carbocycles. The number of amides is 1. The number of benzene rings is 2. The van der Waals surface area contributed by atoms with Gasteiger partial charge in [-0.15, -0.1) is 0 Å². The largest absolute Gasteiger partial charge is 0.369 e. The summed E-state index contributed by atoms with van der Waals surface area (Å²) in [5.74, 6) is -0.168. The fraction of sp³-hybridized carbons (Fsp3) is 0.381. The van der Waals surface area contributed by atoms with Crippen LogP contribution in [0.2, 0.25) is 10.0 Å². The van der Waals surface area contributed by atoms with E-state index in [2.05, 4.69) is 45.4 Å². The maximum Gasteiger partial charge on any atom is 0.252 e. The van der Waals surface area contributed by atoms with Gasteiger partial charge in [-0.05, 0) is 49.7 Å². The van der Waals surface area contributed by atoms with E-state index >= 15 is 0 Å². The lowest BCUT2D eigenvalue weighted by molar-refractivity contribution is 0.0952. The SMILES string of the molecule is O=C(NCCCCN1CCN(c2ccccc2)CC1)c1cc(Cl)ccc1Cl. The molecular formula is C21H25Cl2N3O. The molecule has 1 aliphatic heterocycles. The summed E-state index contributed by atoms with van der Waals surface area (Å²) in [5.41, 5.74) is 1.74. The number of nitrogens with one attached hydrogen (secondary N) is 1. The van der Waals surface area contributed by atoms with Crippen molar-refractivity contribution in [1.82, 2.24) is 10.2 Å². The molecular weight excluding hydrogens is 381 g/mol. The van der Waals surface area contributed by atoms with Crippen LogP contribution in [-0.4, -0.2) is 50.1 Å². The third kappa shape index (κ3) is 5.86. The van der Waals surface area contributed by atoms with Gasteiger partial charge in [0.1, 0.15) is 0 Å². The van der Waals surface area contributed by atoms with Crippen molar-refractivity contribution < 1.29 is 4.79 Å². The normalized spacial score (nSPS) is 15.0. The average Bonchev–Trinajstić information content (AvgIpc) is 2.70. The zero-order chi connectivity index (χ0) is 19.1. The molecule has 3 rings (SSSR count). The molecule has 6 heteroatoms. The van der Waals surface area contributed by atoms with Gasteiger partial charge < -0.3 is 10.2 Å². The molecule has 1 N–H and O–H groups in total. The summed E-state index contributed by atoms with van der Waals surface area (Å²) in [7, 11) is 0. The van der Waals surface area contributed by atoms with Crippen LogP contribution in [0.5, 0.6) is 0 Å². The predicted octanol–water partition coefficient (Wildman–Crippen LogP) is 4.33. The van der Waals surface area contributed by atoms with Gasteiger partial charge >= 0.3 is 0 Å². The number of nitrogens with zero attached hydrogens (tertiary/aromatic N) is 2. The number of hydrogen-bond donors (Lipinski definition) is 1. The molecule has 27 heavy (non-hydrogen) atoms. The molecule has 2 aromatic rings. The minimum Gasteiger partial charge on any atom is -0.369 e. The molecule has 2 aromatic carbocycles. The molecule has 1 heterocycles. The van der Waals surface area contributed by atoms with Crippen molar-refractivity contribution in [2.24, 2.45) is 0 Å². The Morgan fingerprint density at radius 1 is 0.963 bits per heavy atom. The first-order chi connectivity index (χ1) is 13.1. The Bertz CT molecular complexity index is 746. The van der Waals surface area contributed by atoms with Crippen molar-refractivity contribution in [3.8, 4) is 0 Å². The van der Waals surface area contributed by atoms with Gasteiger partial charge in [-0.3, -0.25) is 9.69 Å². The molecule has 0 radical (unpaired) electrons. The Kier molecular flexibility index (Phi) is 7.39. The molecule has 1 fully saturated rings. The fourth-order valence-electron chi connectivity index (χ4n) is 3.30. The van der Waals surface area contributed by atoms with Gasteiger partial charge in [-0.25, -0.2) is 0 Å². The summed E-state index contributed by atoms with van der Waals surface area (Å²) >= 11 is 12.0. The number of halogens is 2. The van der Waals surface area contributed by atoms with Crippen LogP contribution in [0.3, 0.4) is 0 Å². The van der Waals surface area contributed by atoms with Gasteiger partial charge in [-0.1, -0.05) is 41.4 Å². The topological polar surface area (TPSA) is 35.6 Å². The van der Waals surface area contributed by atoms with E-state index in [1.54, 1.807) is 18.2 Å². The van der Waals surface area contributed by atoms with Crippen molar-refractivity contribution in [2.45, 2.75) is 12.8 Å². The smallest absolute Gasteiger partial charge is 0.252 e. The number of rotatable bonds is 7. The van der Waals surface area contributed by atoms with Crippen molar-refractivity contribution in [2.75, 3.05) is 44.2 Å². The number of para-hydroxylation sites is 1. The summed E-state index contributed by atoms with van der Waals surface area (Å²) in [4.78, 5) is 17.1. The zero-order valence-corrected chi connectivity index (χ0v) is 16.8. The van der Waals surface area contributed by atoms with Crippen LogP contribution in [-0.2, 0) is 0 Å². The number of piperazine rings is 1. The van der Waals surface area contributed by atoms with Gasteiger partial charge in [0.25, 0.3) is 5.91 Å². The summed E-state index contributed by atoms with van der Waals surface area (Å²) in [6.07, 6.45) is 2.01. The highest BCUT2D eigenvalue weighted by Gasteiger charge is 2.16. The van der Waals surface area contributed by atoms with E-state index in [1.165, 1.54) is 5.69 Å². The predicted molar refractivity (Wildman–Crippen MR) is 113 cm³/mol. The van der Waals surface area contributed by atoms with Crippen LogP contribution in [0.25, 0.3) is 0 Å². The molecule has 1 amide bonds. The molecule has 1 saturated heterocycles. The number of carbonyl (C=O) groups excluding carboxylic acids is 1. The lowest BCUT2D eigenvalue weighted by atomic mass is 10.2. The van der Waals surface area contributed by atoms with Gasteiger partial charge in [-0.2, -0.15) is 0 Å². The molecule has 0 saturated carbocycles. The molecule has 0 bridgehead atoms. The van der Waals surface area contributed by atoms with Gasteiger partial charge in [0.05, 0.1) is 10.6 Å². The van der Waals surface area contributed by atoms with E-state index in [4.69, 9.17) is 23.2 Å². The third-order valence-corrected chi connectivity index (χ3v) is 5.42. The Morgan fingerprint density at radius 3 is 2.44 bits per heavy atom. The summed E-state index contributed by atoms with van der Waals surface area (Å²) < 4.78 is 0. The monoisotopic (exact) mass is 405 g/mol. The number of unbranched alkanes of at least 4 members (excludes halogenated alkanes) is 1. The maximum atomic E-state index is 12.2. The average molecular weight is 406 g/mol. The fourth-order valence-corrected chi connectivity index (χ4v) is 3.67. The van der Waals surface area contributed by atoms with Crippen LogP contribution < -0.4 is 10.2 Å². The van der Waals surface area contributed by atoms with Crippen molar-refractivity contribution in [3.63, 3.8) is 0 Å². The van der Waals surface area contributed by atoms with Crippen LogP contribution in [0.15, 0.2) is 48.5 Å². The van der Waals surface area contributed by atoms with Gasteiger partial charge in [0, 0.05) is 43.4 Å². The Morgan fingerprint density at radius 2 is 1.70 bits per heavy atom. The minimum atomic E-state index is -0.168. The molecule has 0 atom stereocenters. The van der Waals surface area contributed by atoms with Crippen molar-refractivity contribution in [3.05, 3.63) is 64.1 Å². The highest BCUT2D eigenvalue weighted by Crippen LogP contribution is 2.20. The quantitative estimate of drug-likeness (QED) is 0.696. The lowest BCUT2D eigenvalue weighted by Gasteiger charge is -2.36. The summed E-state index contributed by atoms with van der Waals surface area (Å²) in [6, 6.07) is 15.5. The minimum absolute atomic E-state index is 0.168. The molecule has 0 spiro atoms. The first-order valence-corrected chi connectivity index (χ1v) is 10.1. The Labute approximate surface area is 171 Å².